The number of carboxylic acid groups (broad SMARTS) is 1. The van der Waals surface area contributed by atoms with Crippen molar-refractivity contribution in [1.29, 1.82) is 0 Å². The molecule has 1 aromatic rings. The third-order valence-corrected chi connectivity index (χ3v) is 3.65. The number of hydrogen-bond acceptors (Lipinski definition) is 3. The average molecular weight is 291 g/mol. The lowest BCUT2D eigenvalue weighted by atomic mass is 9.83. The Morgan fingerprint density at radius 1 is 1.43 bits per heavy atom. The van der Waals surface area contributed by atoms with E-state index in [1.54, 1.807) is 0 Å². The minimum atomic E-state index is -0.783. The molecule has 2 N–H and O–H groups in total. The summed E-state index contributed by atoms with van der Waals surface area (Å²) in [7, 11) is 0. The molecule has 1 heterocycles. The molecule has 1 aliphatic heterocycles. The van der Waals surface area contributed by atoms with Gasteiger partial charge in [0, 0.05) is 0 Å². The van der Waals surface area contributed by atoms with Crippen LogP contribution in [-0.4, -0.2) is 30.1 Å². The van der Waals surface area contributed by atoms with Crippen LogP contribution in [0.2, 0.25) is 0 Å². The highest BCUT2D eigenvalue weighted by Gasteiger charge is 2.22. The van der Waals surface area contributed by atoms with Crippen molar-refractivity contribution in [2.75, 3.05) is 13.2 Å². The Bertz CT molecular complexity index is 551. The zero-order valence-electron chi connectivity index (χ0n) is 12.4. The van der Waals surface area contributed by atoms with Crippen molar-refractivity contribution >= 4 is 11.9 Å². The minimum absolute atomic E-state index is 0.117. The number of fused-ring (bicyclic) bond motifs is 1. The van der Waals surface area contributed by atoms with Gasteiger partial charge in [-0.2, -0.15) is 0 Å². The third-order valence-electron chi connectivity index (χ3n) is 3.65. The summed E-state index contributed by atoms with van der Waals surface area (Å²) in [6.45, 7) is 4.87. The SMILES string of the molecule is CC(C)(CCc1ccc2c(c1)C(=O)NCCO2)CC(=O)O. The van der Waals surface area contributed by atoms with Crippen LogP contribution in [0.15, 0.2) is 18.2 Å². The number of ether oxygens (including phenoxy) is 1. The molecule has 1 aliphatic rings. The van der Waals surface area contributed by atoms with Crippen molar-refractivity contribution in [3.63, 3.8) is 0 Å². The lowest BCUT2D eigenvalue weighted by molar-refractivity contribution is -0.139. The third kappa shape index (κ3) is 4.21. The molecule has 1 aromatic carbocycles. The fourth-order valence-corrected chi connectivity index (χ4v) is 2.44. The van der Waals surface area contributed by atoms with E-state index in [4.69, 9.17) is 9.84 Å². The van der Waals surface area contributed by atoms with E-state index in [-0.39, 0.29) is 17.7 Å². The van der Waals surface area contributed by atoms with Crippen LogP contribution in [0.25, 0.3) is 0 Å². The predicted molar refractivity (Wildman–Crippen MR) is 78.6 cm³/mol. The van der Waals surface area contributed by atoms with Crippen molar-refractivity contribution in [3.8, 4) is 5.75 Å². The van der Waals surface area contributed by atoms with E-state index in [1.165, 1.54) is 0 Å². The van der Waals surface area contributed by atoms with E-state index in [0.29, 0.717) is 24.5 Å². The highest BCUT2D eigenvalue weighted by molar-refractivity contribution is 5.97. The number of carbonyl (C=O) groups excluding carboxylic acids is 1. The van der Waals surface area contributed by atoms with Gasteiger partial charge in [-0.25, -0.2) is 0 Å². The number of aliphatic carboxylic acids is 1. The molecule has 0 radical (unpaired) electrons. The van der Waals surface area contributed by atoms with Gasteiger partial charge in [-0.1, -0.05) is 19.9 Å². The second-order valence-electron chi connectivity index (χ2n) is 6.17. The smallest absolute Gasteiger partial charge is 0.303 e. The highest BCUT2D eigenvalue weighted by Crippen LogP contribution is 2.28. The first-order valence-electron chi connectivity index (χ1n) is 7.13. The molecule has 5 heteroatoms. The maximum atomic E-state index is 11.9. The first kappa shape index (κ1) is 15.4. The molecule has 0 fully saturated rings. The maximum Gasteiger partial charge on any atom is 0.303 e. The second-order valence-corrected chi connectivity index (χ2v) is 6.17. The first-order chi connectivity index (χ1) is 9.87. The summed E-state index contributed by atoms with van der Waals surface area (Å²) < 4.78 is 5.51. The number of nitrogens with one attached hydrogen (secondary N) is 1. The molecule has 0 unspecified atom stereocenters. The lowest BCUT2D eigenvalue weighted by Gasteiger charge is -2.22. The summed E-state index contributed by atoms with van der Waals surface area (Å²) in [6.07, 6.45) is 1.63. The van der Waals surface area contributed by atoms with E-state index in [9.17, 15) is 9.59 Å². The molecule has 0 aliphatic carbocycles. The molecule has 5 nitrogen and oxygen atoms in total. The summed E-state index contributed by atoms with van der Waals surface area (Å²) in [4.78, 5) is 22.8. The number of rotatable bonds is 5. The Hall–Kier alpha value is -2.04. The van der Waals surface area contributed by atoms with Gasteiger partial charge in [0.2, 0.25) is 0 Å². The van der Waals surface area contributed by atoms with Crippen LogP contribution in [0.5, 0.6) is 5.75 Å². The highest BCUT2D eigenvalue weighted by atomic mass is 16.5. The summed E-state index contributed by atoms with van der Waals surface area (Å²) in [5.41, 5.74) is 1.31. The van der Waals surface area contributed by atoms with Crippen LogP contribution >= 0.6 is 0 Å². The van der Waals surface area contributed by atoms with Crippen molar-refractivity contribution < 1.29 is 19.4 Å². The number of benzene rings is 1. The molecule has 0 aromatic heterocycles. The van der Waals surface area contributed by atoms with Crippen molar-refractivity contribution in [1.82, 2.24) is 5.32 Å². The number of aryl methyl sites for hydroxylation is 1. The van der Waals surface area contributed by atoms with Gasteiger partial charge in [0.1, 0.15) is 12.4 Å². The molecule has 1 amide bonds. The summed E-state index contributed by atoms with van der Waals surface area (Å²) in [6, 6.07) is 5.60. The Balaban J connectivity index is 2.08. The van der Waals surface area contributed by atoms with Gasteiger partial charge >= 0.3 is 5.97 Å². The van der Waals surface area contributed by atoms with Gasteiger partial charge in [0.05, 0.1) is 18.5 Å². The largest absolute Gasteiger partial charge is 0.491 e. The molecule has 0 saturated carbocycles. The second kappa shape index (κ2) is 6.16. The molecule has 2 rings (SSSR count). The fraction of sp³-hybridized carbons (Fsp3) is 0.500. The molecule has 0 saturated heterocycles. The monoisotopic (exact) mass is 291 g/mol. The van der Waals surface area contributed by atoms with Gasteiger partial charge < -0.3 is 15.2 Å². The van der Waals surface area contributed by atoms with E-state index in [0.717, 1.165) is 18.4 Å². The molecule has 21 heavy (non-hydrogen) atoms. The number of hydrogen-bond donors (Lipinski definition) is 2. The topological polar surface area (TPSA) is 75.6 Å². The molecule has 114 valence electrons. The van der Waals surface area contributed by atoms with Gasteiger partial charge in [-0.3, -0.25) is 9.59 Å². The number of carboxylic acids is 1. The molecule has 0 atom stereocenters. The molecular formula is C16H21NO4. The van der Waals surface area contributed by atoms with E-state index >= 15 is 0 Å². The van der Waals surface area contributed by atoms with Crippen LogP contribution in [-0.2, 0) is 11.2 Å². The standard InChI is InChI=1S/C16H21NO4/c1-16(2,10-14(18)19)6-5-11-3-4-13-12(9-11)15(20)17-7-8-21-13/h3-4,9H,5-8,10H2,1-2H3,(H,17,20)(H,18,19). The Labute approximate surface area is 124 Å². The zero-order chi connectivity index (χ0) is 15.5. The quantitative estimate of drug-likeness (QED) is 0.872. The summed E-state index contributed by atoms with van der Waals surface area (Å²) in [5.74, 6) is -0.289. The Morgan fingerprint density at radius 2 is 2.19 bits per heavy atom. The molecule has 0 bridgehead atoms. The summed E-state index contributed by atoms with van der Waals surface area (Å²) >= 11 is 0. The number of amides is 1. The van der Waals surface area contributed by atoms with Crippen LogP contribution in [0, 0.1) is 5.41 Å². The summed E-state index contributed by atoms with van der Waals surface area (Å²) in [5, 5.41) is 11.7. The first-order valence-corrected chi connectivity index (χ1v) is 7.13. The van der Waals surface area contributed by atoms with Gasteiger partial charge in [0.15, 0.2) is 0 Å². The minimum Gasteiger partial charge on any atom is -0.491 e. The van der Waals surface area contributed by atoms with Gasteiger partial charge in [-0.15, -0.1) is 0 Å². The Morgan fingerprint density at radius 3 is 2.90 bits per heavy atom. The van der Waals surface area contributed by atoms with Crippen molar-refractivity contribution in [2.24, 2.45) is 5.41 Å². The molecule has 0 spiro atoms. The van der Waals surface area contributed by atoms with Crippen LogP contribution < -0.4 is 10.1 Å². The average Bonchev–Trinajstić information content (AvgIpc) is 2.57. The van der Waals surface area contributed by atoms with Gasteiger partial charge in [-0.05, 0) is 36.0 Å². The number of carbonyl (C=O) groups is 2. The predicted octanol–water partition coefficient (Wildman–Crippen LogP) is 2.24. The van der Waals surface area contributed by atoms with Crippen molar-refractivity contribution in [2.45, 2.75) is 33.1 Å². The fourth-order valence-electron chi connectivity index (χ4n) is 2.44. The lowest BCUT2D eigenvalue weighted by Crippen LogP contribution is -2.24. The van der Waals surface area contributed by atoms with Crippen molar-refractivity contribution in [3.05, 3.63) is 29.3 Å². The maximum absolute atomic E-state index is 11.9. The van der Waals surface area contributed by atoms with Crippen LogP contribution in [0.1, 0.15) is 42.6 Å². The van der Waals surface area contributed by atoms with Crippen LogP contribution in [0.3, 0.4) is 0 Å². The van der Waals surface area contributed by atoms with E-state index < -0.39 is 5.97 Å². The van der Waals surface area contributed by atoms with E-state index in [1.807, 2.05) is 32.0 Å². The molecular weight excluding hydrogens is 270 g/mol. The normalized spacial score (nSPS) is 14.7. The van der Waals surface area contributed by atoms with Gasteiger partial charge in [0.25, 0.3) is 5.91 Å². The Kier molecular flexibility index (Phi) is 4.50. The zero-order valence-corrected chi connectivity index (χ0v) is 12.4. The van der Waals surface area contributed by atoms with Crippen LogP contribution in [0.4, 0.5) is 0 Å². The van der Waals surface area contributed by atoms with E-state index in [2.05, 4.69) is 5.32 Å².